The minimum Gasteiger partial charge on any atom is -0.368 e. The van der Waals surface area contributed by atoms with E-state index in [1.54, 1.807) is 0 Å². The highest BCUT2D eigenvalue weighted by atomic mass is 28.2. The topological polar surface area (TPSA) is 9.23 Å². The second-order valence-corrected chi connectivity index (χ2v) is 7.78. The fourth-order valence-electron chi connectivity index (χ4n) is 2.42. The van der Waals surface area contributed by atoms with E-state index in [4.69, 9.17) is 4.74 Å². The van der Waals surface area contributed by atoms with Crippen molar-refractivity contribution in [1.82, 2.24) is 0 Å². The van der Waals surface area contributed by atoms with Crippen LogP contribution >= 0.6 is 0 Å². The lowest BCUT2D eigenvalue weighted by Crippen LogP contribution is -2.32. The Bertz CT molecular complexity index is 623. The molecule has 0 aromatic heterocycles. The van der Waals surface area contributed by atoms with Crippen molar-refractivity contribution in [3.8, 4) is 0 Å². The van der Waals surface area contributed by atoms with Crippen molar-refractivity contribution in [2.45, 2.75) is 39.4 Å². The Morgan fingerprint density at radius 3 is 2.27 bits per heavy atom. The van der Waals surface area contributed by atoms with E-state index in [-0.39, 0.29) is 11.7 Å². The van der Waals surface area contributed by atoms with Crippen LogP contribution < -0.4 is 10.4 Å². The van der Waals surface area contributed by atoms with Gasteiger partial charge in [0.1, 0.15) is 9.52 Å². The molecule has 0 saturated heterocycles. The third-order valence-electron chi connectivity index (χ3n) is 3.35. The van der Waals surface area contributed by atoms with Crippen LogP contribution in [0.3, 0.4) is 0 Å². The zero-order valence-corrected chi connectivity index (χ0v) is 14.9. The van der Waals surface area contributed by atoms with E-state index in [0.717, 1.165) is 5.56 Å². The maximum Gasteiger partial charge on any atom is 0.122 e. The lowest BCUT2D eigenvalue weighted by Gasteiger charge is -2.26. The largest absolute Gasteiger partial charge is 0.368 e. The summed E-state index contributed by atoms with van der Waals surface area (Å²) in [6.07, 6.45) is 1.97. The molecular formula is C20H24OSi. The van der Waals surface area contributed by atoms with Gasteiger partial charge in [-0.25, -0.2) is 0 Å². The van der Waals surface area contributed by atoms with E-state index in [2.05, 4.69) is 82.8 Å². The molecule has 2 rings (SSSR count). The maximum atomic E-state index is 6.13. The first-order valence-electron chi connectivity index (χ1n) is 7.65. The standard InChI is InChI=1S/C20H24OSi/c1-6-16-11-13-17(14-12-16)22-19-10-8-7-9-18(19)15(2)21-20(3,4)5/h6-15H,1H2,2-5H3. The van der Waals surface area contributed by atoms with Gasteiger partial charge in [0, 0.05) is 0 Å². The van der Waals surface area contributed by atoms with Crippen LogP contribution in [0.4, 0.5) is 0 Å². The normalized spacial score (nSPS) is 12.9. The Morgan fingerprint density at radius 2 is 1.68 bits per heavy atom. The van der Waals surface area contributed by atoms with Gasteiger partial charge in [-0.15, -0.1) is 0 Å². The van der Waals surface area contributed by atoms with Crippen LogP contribution in [0.25, 0.3) is 6.08 Å². The lowest BCUT2D eigenvalue weighted by molar-refractivity contribution is -0.0525. The highest BCUT2D eigenvalue weighted by Crippen LogP contribution is 2.21. The minimum atomic E-state index is -0.138. The highest BCUT2D eigenvalue weighted by molar-refractivity contribution is 6.67. The molecule has 0 amide bonds. The molecule has 0 saturated carbocycles. The van der Waals surface area contributed by atoms with Gasteiger partial charge in [-0.05, 0) is 38.8 Å². The first-order chi connectivity index (χ1) is 10.4. The van der Waals surface area contributed by atoms with Crippen LogP contribution in [0.1, 0.15) is 44.9 Å². The van der Waals surface area contributed by atoms with Gasteiger partial charge >= 0.3 is 0 Å². The van der Waals surface area contributed by atoms with Gasteiger partial charge in [0.2, 0.25) is 0 Å². The first-order valence-corrected chi connectivity index (χ1v) is 8.65. The van der Waals surface area contributed by atoms with Crippen LogP contribution in [-0.2, 0) is 4.74 Å². The number of hydrogen-bond donors (Lipinski definition) is 0. The van der Waals surface area contributed by atoms with E-state index in [9.17, 15) is 0 Å². The Kier molecular flexibility index (Phi) is 5.38. The molecule has 0 bridgehead atoms. The monoisotopic (exact) mass is 308 g/mol. The molecule has 1 atom stereocenters. The molecule has 0 spiro atoms. The summed E-state index contributed by atoms with van der Waals surface area (Å²) in [7, 11) is 0.638. The molecule has 2 heteroatoms. The summed E-state index contributed by atoms with van der Waals surface area (Å²) in [6, 6.07) is 17.2. The van der Waals surface area contributed by atoms with E-state index in [1.807, 2.05) is 6.08 Å². The SMILES string of the molecule is C=Cc1ccc([Si]c2ccccc2C(C)OC(C)(C)C)cc1. The minimum absolute atomic E-state index is 0.0937. The third kappa shape index (κ3) is 4.69. The van der Waals surface area contributed by atoms with Crippen molar-refractivity contribution in [1.29, 1.82) is 0 Å². The Morgan fingerprint density at radius 1 is 1.05 bits per heavy atom. The third-order valence-corrected chi connectivity index (χ3v) is 4.70. The van der Waals surface area contributed by atoms with Gasteiger partial charge in [0.15, 0.2) is 0 Å². The van der Waals surface area contributed by atoms with Crippen molar-refractivity contribution in [3.63, 3.8) is 0 Å². The second kappa shape index (κ2) is 7.08. The van der Waals surface area contributed by atoms with Crippen LogP contribution in [0.15, 0.2) is 55.1 Å². The Labute approximate surface area is 136 Å². The summed E-state index contributed by atoms with van der Waals surface area (Å²) < 4.78 is 6.13. The van der Waals surface area contributed by atoms with Crippen molar-refractivity contribution in [2.75, 3.05) is 0 Å². The van der Waals surface area contributed by atoms with Gasteiger partial charge < -0.3 is 4.74 Å². The Balaban J connectivity index is 2.22. The van der Waals surface area contributed by atoms with E-state index >= 15 is 0 Å². The van der Waals surface area contributed by atoms with Crippen LogP contribution in [0.2, 0.25) is 0 Å². The summed E-state index contributed by atoms with van der Waals surface area (Å²) >= 11 is 0. The summed E-state index contributed by atoms with van der Waals surface area (Å²) in [5, 5.41) is 2.69. The molecule has 0 N–H and O–H groups in total. The van der Waals surface area contributed by atoms with Crippen LogP contribution in [0, 0.1) is 0 Å². The second-order valence-electron chi connectivity index (χ2n) is 6.41. The van der Waals surface area contributed by atoms with Crippen LogP contribution in [-0.4, -0.2) is 15.1 Å². The molecule has 0 fully saturated rings. The van der Waals surface area contributed by atoms with E-state index in [0.29, 0.717) is 9.52 Å². The van der Waals surface area contributed by atoms with Crippen molar-refractivity contribution < 1.29 is 4.74 Å². The molecule has 2 aromatic rings. The Hall–Kier alpha value is -1.64. The number of hydrogen-bond acceptors (Lipinski definition) is 1. The molecule has 2 aromatic carbocycles. The van der Waals surface area contributed by atoms with E-state index < -0.39 is 0 Å². The zero-order valence-electron chi connectivity index (χ0n) is 13.9. The quantitative estimate of drug-likeness (QED) is 0.762. The first kappa shape index (κ1) is 16.7. The van der Waals surface area contributed by atoms with Crippen LogP contribution in [0.5, 0.6) is 0 Å². The van der Waals surface area contributed by atoms with Crippen molar-refractivity contribution >= 4 is 26.0 Å². The summed E-state index contributed by atoms with van der Waals surface area (Å²) in [6.45, 7) is 12.2. The smallest absolute Gasteiger partial charge is 0.122 e. The van der Waals surface area contributed by atoms with Gasteiger partial charge in [-0.1, -0.05) is 71.6 Å². The van der Waals surface area contributed by atoms with Gasteiger partial charge in [0.25, 0.3) is 0 Å². The van der Waals surface area contributed by atoms with Gasteiger partial charge in [-0.3, -0.25) is 0 Å². The molecule has 1 nitrogen and oxygen atoms in total. The van der Waals surface area contributed by atoms with Gasteiger partial charge in [0.05, 0.1) is 11.7 Å². The predicted octanol–water partition coefficient (Wildman–Crippen LogP) is 3.86. The molecular weight excluding hydrogens is 284 g/mol. The van der Waals surface area contributed by atoms with Crippen molar-refractivity contribution in [2.24, 2.45) is 0 Å². The van der Waals surface area contributed by atoms with Gasteiger partial charge in [-0.2, -0.15) is 0 Å². The number of benzene rings is 2. The number of ether oxygens (including phenoxy) is 1. The highest BCUT2D eigenvalue weighted by Gasteiger charge is 2.18. The lowest BCUT2D eigenvalue weighted by atomic mass is 10.1. The molecule has 0 aliphatic heterocycles. The maximum absolute atomic E-state index is 6.13. The van der Waals surface area contributed by atoms with Crippen molar-refractivity contribution in [3.05, 3.63) is 66.2 Å². The summed E-state index contributed by atoms with van der Waals surface area (Å²) in [5.41, 5.74) is 2.30. The van der Waals surface area contributed by atoms with E-state index in [1.165, 1.54) is 15.9 Å². The molecule has 0 aliphatic carbocycles. The predicted molar refractivity (Wildman–Crippen MR) is 97.3 cm³/mol. The fourth-order valence-corrected chi connectivity index (χ4v) is 3.67. The average molecular weight is 308 g/mol. The molecule has 0 heterocycles. The summed E-state index contributed by atoms with van der Waals surface area (Å²) in [4.78, 5) is 0. The number of rotatable bonds is 5. The molecule has 22 heavy (non-hydrogen) atoms. The molecule has 2 radical (unpaired) electrons. The molecule has 0 aliphatic rings. The zero-order chi connectivity index (χ0) is 16.2. The summed E-state index contributed by atoms with van der Waals surface area (Å²) in [5.74, 6) is 0. The fraction of sp³-hybridized carbons (Fsp3) is 0.300. The average Bonchev–Trinajstić information content (AvgIpc) is 2.47. The molecule has 114 valence electrons. The molecule has 1 unspecified atom stereocenters.